The fourth-order valence-electron chi connectivity index (χ4n) is 2.14. The average Bonchev–Trinajstić information content (AvgIpc) is 2.84. The van der Waals surface area contributed by atoms with Crippen molar-refractivity contribution >= 4 is 11.9 Å². The summed E-state index contributed by atoms with van der Waals surface area (Å²) in [5.41, 5.74) is 2.05. The van der Waals surface area contributed by atoms with Crippen molar-refractivity contribution in [3.8, 4) is 0 Å². The molecule has 0 aliphatic heterocycles. The molecule has 5 heteroatoms. The molecule has 0 heterocycles. The van der Waals surface area contributed by atoms with Gasteiger partial charge in [0.05, 0.1) is 6.61 Å². The van der Waals surface area contributed by atoms with E-state index in [9.17, 15) is 4.79 Å². The molecular weight excluding hydrogens is 232 g/mol. The Hall–Kier alpha value is -1.10. The van der Waals surface area contributed by atoms with Gasteiger partial charge in [0, 0.05) is 6.42 Å². The van der Waals surface area contributed by atoms with E-state index in [1.807, 2.05) is 0 Å². The monoisotopic (exact) mass is 256 g/mol. The minimum atomic E-state index is -0.742. The topological polar surface area (TPSA) is 71.4 Å². The quantitative estimate of drug-likeness (QED) is 0.318. The van der Waals surface area contributed by atoms with Crippen molar-refractivity contribution in [2.45, 2.75) is 64.3 Å². The van der Waals surface area contributed by atoms with Gasteiger partial charge < -0.3 is 9.57 Å². The van der Waals surface area contributed by atoms with Crippen LogP contribution in [0, 0.1) is 5.41 Å². The Morgan fingerprint density at radius 2 is 2.00 bits per heavy atom. The molecule has 0 aromatic rings. The largest absolute Gasteiger partial charge is 0.465 e. The van der Waals surface area contributed by atoms with E-state index in [0.29, 0.717) is 25.9 Å². The van der Waals surface area contributed by atoms with Gasteiger partial charge >= 0.3 is 5.97 Å². The highest BCUT2D eigenvalue weighted by molar-refractivity contribution is 5.81. The molecular formula is C13H24N2O3. The molecule has 0 aromatic carbocycles. The van der Waals surface area contributed by atoms with Gasteiger partial charge in [0.1, 0.15) is 0 Å². The van der Waals surface area contributed by atoms with Gasteiger partial charge in [-0.3, -0.25) is 5.41 Å². The van der Waals surface area contributed by atoms with E-state index >= 15 is 0 Å². The molecule has 1 aliphatic rings. The molecule has 0 unspecified atom stereocenters. The van der Waals surface area contributed by atoms with Crippen molar-refractivity contribution in [1.29, 1.82) is 5.41 Å². The smallest absolute Gasteiger partial charge is 0.329 e. The second kappa shape index (κ2) is 7.36. The summed E-state index contributed by atoms with van der Waals surface area (Å²) in [4.78, 5) is 17.2. The number of nitrogens with one attached hydrogen (secondary N) is 2. The van der Waals surface area contributed by atoms with Crippen LogP contribution in [-0.2, 0) is 14.4 Å². The number of hydrogen-bond acceptors (Lipinski definition) is 5. The molecule has 2 N–H and O–H groups in total. The van der Waals surface area contributed by atoms with E-state index < -0.39 is 5.54 Å². The maximum absolute atomic E-state index is 12.0. The molecule has 18 heavy (non-hydrogen) atoms. The zero-order valence-electron chi connectivity index (χ0n) is 11.4. The maximum Gasteiger partial charge on any atom is 0.329 e. The zero-order valence-corrected chi connectivity index (χ0v) is 11.4. The van der Waals surface area contributed by atoms with Crippen LogP contribution in [-0.4, -0.2) is 24.0 Å². The molecule has 1 fully saturated rings. The minimum absolute atomic E-state index is 0.187. The van der Waals surface area contributed by atoms with Crippen molar-refractivity contribution in [1.82, 2.24) is 5.48 Å². The first-order valence-electron chi connectivity index (χ1n) is 6.83. The highest BCUT2D eigenvalue weighted by Crippen LogP contribution is 2.31. The van der Waals surface area contributed by atoms with Gasteiger partial charge in [-0.1, -0.05) is 26.2 Å². The lowest BCUT2D eigenvalue weighted by Crippen LogP contribution is -2.51. The standard InChI is InChI=1S/C13H24N2O3/c1-3-5-8-11(14)18-15-13(9-6-7-10-13)12(16)17-4-2/h14-15H,3-10H2,1-2H3. The van der Waals surface area contributed by atoms with E-state index in [0.717, 1.165) is 25.7 Å². The van der Waals surface area contributed by atoms with E-state index in [-0.39, 0.29) is 11.9 Å². The predicted molar refractivity (Wildman–Crippen MR) is 69.3 cm³/mol. The molecule has 104 valence electrons. The van der Waals surface area contributed by atoms with Crippen molar-refractivity contribution in [2.24, 2.45) is 0 Å². The number of rotatable bonds is 7. The van der Waals surface area contributed by atoms with E-state index in [4.69, 9.17) is 15.0 Å². The van der Waals surface area contributed by atoms with E-state index in [1.54, 1.807) is 6.92 Å². The molecule has 0 spiro atoms. The SMILES string of the molecule is CCCCC(=N)ONC1(C(=O)OCC)CCCC1. The number of hydroxylamine groups is 1. The Labute approximate surface area is 109 Å². The third-order valence-electron chi connectivity index (χ3n) is 3.25. The number of esters is 1. The van der Waals surface area contributed by atoms with Crippen LogP contribution in [0.5, 0.6) is 0 Å². The molecule has 1 saturated carbocycles. The van der Waals surface area contributed by atoms with Crippen LogP contribution in [0.4, 0.5) is 0 Å². The van der Waals surface area contributed by atoms with Gasteiger partial charge in [-0.05, 0) is 26.2 Å². The Morgan fingerprint density at radius 1 is 1.33 bits per heavy atom. The molecule has 0 saturated heterocycles. The van der Waals surface area contributed by atoms with Crippen LogP contribution in [0.1, 0.15) is 58.8 Å². The molecule has 0 atom stereocenters. The summed E-state index contributed by atoms with van der Waals surface area (Å²) in [5.74, 6) is -0.0711. The third-order valence-corrected chi connectivity index (χ3v) is 3.25. The summed E-state index contributed by atoms with van der Waals surface area (Å²) in [6.07, 6.45) is 5.94. The summed E-state index contributed by atoms with van der Waals surface area (Å²) in [6.45, 7) is 4.23. The van der Waals surface area contributed by atoms with Crippen LogP contribution in [0.25, 0.3) is 0 Å². The highest BCUT2D eigenvalue weighted by Gasteiger charge is 2.43. The summed E-state index contributed by atoms with van der Waals surface area (Å²) >= 11 is 0. The summed E-state index contributed by atoms with van der Waals surface area (Å²) < 4.78 is 5.09. The number of carbonyl (C=O) groups excluding carboxylic acids is 1. The number of carbonyl (C=O) groups is 1. The molecule has 5 nitrogen and oxygen atoms in total. The van der Waals surface area contributed by atoms with Crippen molar-refractivity contribution in [2.75, 3.05) is 6.61 Å². The second-order valence-electron chi connectivity index (χ2n) is 4.74. The van der Waals surface area contributed by atoms with Crippen LogP contribution in [0.15, 0.2) is 0 Å². The molecule has 0 bridgehead atoms. The molecule has 0 aromatic heterocycles. The lowest BCUT2D eigenvalue weighted by Gasteiger charge is -2.27. The zero-order chi connectivity index (χ0) is 13.4. The van der Waals surface area contributed by atoms with Gasteiger partial charge in [-0.25, -0.2) is 4.79 Å². The Morgan fingerprint density at radius 3 is 2.56 bits per heavy atom. The van der Waals surface area contributed by atoms with Crippen molar-refractivity contribution in [3.05, 3.63) is 0 Å². The average molecular weight is 256 g/mol. The van der Waals surface area contributed by atoms with E-state index in [1.165, 1.54) is 0 Å². The summed E-state index contributed by atoms with van der Waals surface area (Å²) in [6, 6.07) is 0. The van der Waals surface area contributed by atoms with Gasteiger partial charge in [0.15, 0.2) is 5.54 Å². The summed E-state index contributed by atoms with van der Waals surface area (Å²) in [5, 5.41) is 7.65. The fraction of sp³-hybridized carbons (Fsp3) is 0.846. The Balaban J connectivity index is 2.47. The van der Waals surface area contributed by atoms with Gasteiger partial charge in [-0.2, -0.15) is 0 Å². The normalized spacial score (nSPS) is 17.4. The van der Waals surface area contributed by atoms with Crippen LogP contribution >= 0.6 is 0 Å². The highest BCUT2D eigenvalue weighted by atomic mass is 16.7. The van der Waals surface area contributed by atoms with Crippen molar-refractivity contribution in [3.63, 3.8) is 0 Å². The predicted octanol–water partition coefficient (Wildman–Crippen LogP) is 2.55. The maximum atomic E-state index is 12.0. The van der Waals surface area contributed by atoms with Gasteiger partial charge in [0.2, 0.25) is 5.90 Å². The first kappa shape index (κ1) is 15.0. The summed E-state index contributed by atoms with van der Waals surface area (Å²) in [7, 11) is 0. The van der Waals surface area contributed by atoms with Crippen LogP contribution in [0.2, 0.25) is 0 Å². The van der Waals surface area contributed by atoms with Gasteiger partial charge in [0.25, 0.3) is 0 Å². The number of unbranched alkanes of at least 4 members (excludes halogenated alkanes) is 1. The van der Waals surface area contributed by atoms with Gasteiger partial charge in [-0.15, -0.1) is 5.48 Å². The first-order chi connectivity index (χ1) is 8.64. The van der Waals surface area contributed by atoms with Crippen LogP contribution < -0.4 is 5.48 Å². The Kier molecular flexibility index (Phi) is 6.12. The molecule has 0 radical (unpaired) electrons. The molecule has 1 rings (SSSR count). The lowest BCUT2D eigenvalue weighted by molar-refractivity contribution is -0.155. The number of hydrogen-bond donors (Lipinski definition) is 2. The number of ether oxygens (including phenoxy) is 1. The minimum Gasteiger partial charge on any atom is -0.465 e. The first-order valence-corrected chi connectivity index (χ1v) is 6.83. The Bertz CT molecular complexity index is 286. The lowest BCUT2D eigenvalue weighted by atomic mass is 9.99. The molecule has 0 amide bonds. The van der Waals surface area contributed by atoms with Crippen molar-refractivity contribution < 1.29 is 14.4 Å². The fourth-order valence-corrected chi connectivity index (χ4v) is 2.14. The van der Waals surface area contributed by atoms with Crippen LogP contribution in [0.3, 0.4) is 0 Å². The second-order valence-corrected chi connectivity index (χ2v) is 4.74. The molecule has 1 aliphatic carbocycles. The third kappa shape index (κ3) is 3.98. The van der Waals surface area contributed by atoms with E-state index in [2.05, 4.69) is 12.4 Å².